The first-order valence-corrected chi connectivity index (χ1v) is 19.6. The normalized spacial score (nSPS) is 31.8. The smallest absolute Gasteiger partial charge is 0.310 e. The molecule has 4 aliphatic rings. The molecular formula is C36H46O8S2. The number of Topliss-reactive ketones (excluding diaryl/α,β-unsaturated/α-hetero) is 2. The van der Waals surface area contributed by atoms with Crippen molar-refractivity contribution in [3.05, 3.63) is 65.2 Å². The summed E-state index contributed by atoms with van der Waals surface area (Å²) in [5, 5.41) is -1.71. The van der Waals surface area contributed by atoms with E-state index in [0.717, 1.165) is 19.3 Å². The quantitative estimate of drug-likeness (QED) is 0.207. The highest BCUT2D eigenvalue weighted by molar-refractivity contribution is 7.87. The molecule has 1 N–H and O–H groups in total. The number of carbonyl (C=O) groups excluding carboxylic acids is 2. The van der Waals surface area contributed by atoms with Gasteiger partial charge in [-0.2, -0.15) is 16.8 Å². The molecule has 4 saturated carbocycles. The van der Waals surface area contributed by atoms with Crippen LogP contribution in [0, 0.1) is 46.3 Å². The molecule has 8 nitrogen and oxygen atoms in total. The zero-order valence-corrected chi connectivity index (χ0v) is 29.0. The number of hydrogen-bond donors (Lipinski definition) is 1. The highest BCUT2D eigenvalue weighted by atomic mass is 32.2. The number of fused-ring (bicyclic) bond motifs is 4. The lowest BCUT2D eigenvalue weighted by molar-refractivity contribution is -0.133. The molecule has 0 heterocycles. The second kappa shape index (κ2) is 11.0. The van der Waals surface area contributed by atoms with Crippen molar-refractivity contribution in [2.75, 3.05) is 5.75 Å². The molecule has 2 aromatic carbocycles. The Morgan fingerprint density at radius 1 is 0.935 bits per heavy atom. The number of carbonyl (C=O) groups is 2. The molecule has 0 saturated heterocycles. The second-order valence-corrected chi connectivity index (χ2v) is 18.6. The van der Waals surface area contributed by atoms with E-state index in [2.05, 4.69) is 0 Å². The van der Waals surface area contributed by atoms with E-state index in [-0.39, 0.29) is 47.1 Å². The molecule has 46 heavy (non-hydrogen) atoms. The van der Waals surface area contributed by atoms with Crippen LogP contribution in [0.15, 0.2) is 48.5 Å². The Bertz CT molecular complexity index is 1780. The van der Waals surface area contributed by atoms with Gasteiger partial charge in [0.15, 0.2) is 0 Å². The Morgan fingerprint density at radius 3 is 2.24 bits per heavy atom. The maximum Gasteiger partial charge on any atom is 0.310 e. The van der Waals surface area contributed by atoms with Crippen LogP contribution in [0.25, 0.3) is 0 Å². The van der Waals surface area contributed by atoms with E-state index in [1.807, 2.05) is 58.0 Å². The third-order valence-electron chi connectivity index (χ3n) is 13.0. The van der Waals surface area contributed by atoms with E-state index in [1.54, 1.807) is 13.0 Å². The van der Waals surface area contributed by atoms with Crippen LogP contribution in [0.3, 0.4) is 0 Å². The van der Waals surface area contributed by atoms with Crippen molar-refractivity contribution in [3.8, 4) is 5.75 Å². The fourth-order valence-corrected chi connectivity index (χ4v) is 13.7. The molecule has 0 spiro atoms. The molecule has 2 aromatic rings. The molecule has 250 valence electrons. The zero-order valence-electron chi connectivity index (χ0n) is 27.4. The van der Waals surface area contributed by atoms with E-state index in [4.69, 9.17) is 4.18 Å². The van der Waals surface area contributed by atoms with Gasteiger partial charge >= 0.3 is 10.1 Å². The highest BCUT2D eigenvalue weighted by Gasteiger charge is 2.73. The second-order valence-electron chi connectivity index (χ2n) is 15.6. The van der Waals surface area contributed by atoms with Crippen molar-refractivity contribution in [2.45, 2.75) is 91.2 Å². The van der Waals surface area contributed by atoms with Crippen LogP contribution in [0.1, 0.15) is 94.6 Å². The van der Waals surface area contributed by atoms with Crippen molar-refractivity contribution in [1.82, 2.24) is 0 Å². The Kier molecular flexibility index (Phi) is 7.97. The lowest BCUT2D eigenvalue weighted by Gasteiger charge is -2.42. The average molecular weight is 671 g/mol. The Balaban J connectivity index is 1.36. The number of aryl methyl sites for hydroxylation is 2. The molecule has 4 aliphatic carbocycles. The lowest BCUT2D eigenvalue weighted by atomic mass is 9.65. The minimum atomic E-state index is -4.94. The molecule has 4 bridgehead atoms. The summed E-state index contributed by atoms with van der Waals surface area (Å²) < 4.78 is 71.4. The largest absolute Gasteiger partial charge is 0.382 e. The topological polar surface area (TPSA) is 132 Å². The maximum absolute atomic E-state index is 14.5. The predicted octanol–water partition coefficient (Wildman–Crippen LogP) is 6.67. The van der Waals surface area contributed by atoms with E-state index in [9.17, 15) is 31.0 Å². The minimum absolute atomic E-state index is 0.0307. The van der Waals surface area contributed by atoms with E-state index < -0.39 is 52.9 Å². The van der Waals surface area contributed by atoms with Crippen LogP contribution >= 0.6 is 0 Å². The van der Waals surface area contributed by atoms with E-state index >= 15 is 0 Å². The van der Waals surface area contributed by atoms with Gasteiger partial charge in [0.05, 0.1) is 16.6 Å². The molecular weight excluding hydrogens is 625 g/mol. The first-order valence-electron chi connectivity index (χ1n) is 16.5. The third kappa shape index (κ3) is 4.91. The first-order chi connectivity index (χ1) is 21.4. The SMILES string of the molecule is Cc1ccc(OS(=O)(=O)CC23CCC(CC2=O)C3(C)C)c(C(C23CCC(C(CCCc4ccccc4)C2=O)C3(C)C)S(=O)(=O)O)c1. The Morgan fingerprint density at radius 2 is 1.63 bits per heavy atom. The molecule has 4 fully saturated rings. The van der Waals surface area contributed by atoms with Gasteiger partial charge in [-0.25, -0.2) is 0 Å². The minimum Gasteiger partial charge on any atom is -0.382 e. The number of hydrogen-bond acceptors (Lipinski definition) is 7. The summed E-state index contributed by atoms with van der Waals surface area (Å²) in [5.41, 5.74) is -2.08. The Hall–Kier alpha value is -2.56. The number of rotatable bonds is 11. The highest BCUT2D eigenvalue weighted by Crippen LogP contribution is 2.72. The zero-order chi connectivity index (χ0) is 33.5. The van der Waals surface area contributed by atoms with Gasteiger partial charge in [0.2, 0.25) is 0 Å². The monoisotopic (exact) mass is 670 g/mol. The van der Waals surface area contributed by atoms with Crippen molar-refractivity contribution >= 4 is 31.8 Å². The van der Waals surface area contributed by atoms with Gasteiger partial charge in [0.25, 0.3) is 10.1 Å². The van der Waals surface area contributed by atoms with Crippen LogP contribution in [0.2, 0.25) is 0 Å². The number of benzene rings is 2. The number of ketones is 2. The molecule has 6 atom stereocenters. The summed E-state index contributed by atoms with van der Waals surface area (Å²) in [6.07, 6.45) is 4.60. The first kappa shape index (κ1) is 33.3. The van der Waals surface area contributed by atoms with E-state index in [0.29, 0.717) is 31.2 Å². The lowest BCUT2D eigenvalue weighted by Crippen LogP contribution is -2.46. The summed E-state index contributed by atoms with van der Waals surface area (Å²) in [6.45, 7) is 9.44. The molecule has 10 heteroatoms. The van der Waals surface area contributed by atoms with Crippen LogP contribution in [0.5, 0.6) is 5.75 Å². The summed E-state index contributed by atoms with van der Waals surface area (Å²) in [4.78, 5) is 27.7. The van der Waals surface area contributed by atoms with E-state index in [1.165, 1.54) is 17.7 Å². The van der Waals surface area contributed by atoms with Gasteiger partial charge in [-0.3, -0.25) is 14.1 Å². The molecule has 6 unspecified atom stereocenters. The standard InChI is InChI=1S/C36H46O8S2/c1-23-14-15-29(44-45(39,40)22-35-18-16-25(21-30(35)37)33(35,2)3)27(20-23)32(46(41,42)43)36-19-17-28(34(36,4)5)26(31(36)38)13-9-12-24-10-7-6-8-11-24/h6-8,10-11,14-15,20,25-26,28,32H,9,12-13,16-19,21-22H2,1-5H3,(H,41,42,43). The summed E-state index contributed by atoms with van der Waals surface area (Å²) in [7, 11) is -9.33. The Labute approximate surface area is 273 Å². The average Bonchev–Trinajstić information content (AvgIpc) is 3.48. The van der Waals surface area contributed by atoms with Gasteiger partial charge in [-0.1, -0.05) is 75.7 Å². The van der Waals surface area contributed by atoms with Crippen molar-refractivity contribution in [3.63, 3.8) is 0 Å². The maximum atomic E-state index is 14.5. The predicted molar refractivity (Wildman–Crippen MR) is 175 cm³/mol. The van der Waals surface area contributed by atoms with Gasteiger partial charge < -0.3 is 4.18 Å². The van der Waals surface area contributed by atoms with Crippen LogP contribution < -0.4 is 4.18 Å². The van der Waals surface area contributed by atoms with Crippen LogP contribution in [-0.4, -0.2) is 38.7 Å². The molecule has 0 amide bonds. The van der Waals surface area contributed by atoms with Crippen molar-refractivity contribution in [2.24, 2.45) is 39.4 Å². The van der Waals surface area contributed by atoms with Gasteiger partial charge in [0.1, 0.15) is 22.6 Å². The molecule has 6 rings (SSSR count). The van der Waals surface area contributed by atoms with Crippen LogP contribution in [-0.2, 0) is 36.2 Å². The summed E-state index contributed by atoms with van der Waals surface area (Å²) in [5.74, 6) is -1.34. The molecule has 0 aromatic heterocycles. The summed E-state index contributed by atoms with van der Waals surface area (Å²) in [6, 6.07) is 14.5. The van der Waals surface area contributed by atoms with Gasteiger partial charge in [-0.15, -0.1) is 0 Å². The van der Waals surface area contributed by atoms with Gasteiger partial charge in [-0.05, 0) is 86.2 Å². The van der Waals surface area contributed by atoms with Crippen molar-refractivity contribution < 1.29 is 35.2 Å². The molecule has 0 radical (unpaired) electrons. The fraction of sp³-hybridized carbons (Fsp3) is 0.611. The van der Waals surface area contributed by atoms with Crippen molar-refractivity contribution in [1.29, 1.82) is 0 Å². The third-order valence-corrected chi connectivity index (χ3v) is 15.5. The van der Waals surface area contributed by atoms with Gasteiger partial charge in [0, 0.05) is 17.9 Å². The fourth-order valence-electron chi connectivity index (χ4n) is 10.4. The summed E-state index contributed by atoms with van der Waals surface area (Å²) >= 11 is 0. The van der Waals surface area contributed by atoms with Crippen LogP contribution in [0.4, 0.5) is 0 Å². The molecule has 0 aliphatic heterocycles.